The minimum Gasteiger partial charge on any atom is -0.332 e. The molecule has 1 N–H and O–H groups in total. The van der Waals surface area contributed by atoms with Crippen molar-refractivity contribution >= 4 is 13.8 Å². The van der Waals surface area contributed by atoms with Crippen LogP contribution in [0.15, 0.2) is 29.8 Å². The molecule has 1 nitrogen and oxygen atoms in total. The summed E-state index contributed by atoms with van der Waals surface area (Å²) >= 11 is 0. The minimum absolute atomic E-state index is 0. The zero-order valence-electron chi connectivity index (χ0n) is 13.9. The van der Waals surface area contributed by atoms with Gasteiger partial charge in [0.2, 0.25) is 0 Å². The molecule has 2 rings (SSSR count). The zero-order chi connectivity index (χ0) is 14.4. The summed E-state index contributed by atoms with van der Waals surface area (Å²) in [5.74, 6) is 0. The second kappa shape index (κ2) is 5.92. The monoisotopic (exact) mass is 321 g/mol. The van der Waals surface area contributed by atoms with Gasteiger partial charge in [-0.15, -0.1) is 0 Å². The van der Waals surface area contributed by atoms with Crippen LogP contribution in [-0.2, 0) is 21.7 Å². The van der Waals surface area contributed by atoms with Gasteiger partial charge in [0.05, 0.1) is 0 Å². The predicted molar refractivity (Wildman–Crippen MR) is 87.8 cm³/mol. The molecule has 1 unspecified atom stereocenters. The molecule has 0 spiro atoms. The Balaban J connectivity index is 0.00000200. The first-order valence-electron chi connectivity index (χ1n) is 7.19. The number of nitrogens with one attached hydrogen (secondary N) is 1. The maximum atomic E-state index is 3.93. The van der Waals surface area contributed by atoms with E-state index in [9.17, 15) is 0 Å². The van der Waals surface area contributed by atoms with E-state index in [-0.39, 0.29) is 27.3 Å². The second-order valence-corrected chi connectivity index (χ2v) is 11.7. The maximum absolute atomic E-state index is 3.93. The fourth-order valence-electron chi connectivity index (χ4n) is 3.72. The average Bonchev–Trinajstić information content (AvgIpc) is 2.49. The van der Waals surface area contributed by atoms with Crippen LogP contribution in [0.25, 0.3) is 5.57 Å². The first-order valence-corrected chi connectivity index (χ1v) is 10.3. The third-order valence-electron chi connectivity index (χ3n) is 4.12. The zero-order valence-corrected chi connectivity index (χ0v) is 16.4. The Morgan fingerprint density at radius 1 is 1.05 bits per heavy atom. The smallest absolute Gasteiger partial charge is 0.131 e. The molecule has 0 radical (unpaired) electrons. The molecule has 0 fully saturated rings. The van der Waals surface area contributed by atoms with Crippen LogP contribution in [0.1, 0.15) is 51.3 Å². The largest absolute Gasteiger partial charge is 0.332 e. The van der Waals surface area contributed by atoms with Gasteiger partial charge >= 0.3 is 0 Å². The first-order chi connectivity index (χ1) is 8.63. The Labute approximate surface area is 140 Å². The van der Waals surface area contributed by atoms with Crippen molar-refractivity contribution in [1.82, 2.24) is 4.98 Å². The van der Waals surface area contributed by atoms with Crippen LogP contribution in [0.5, 0.6) is 0 Å². The van der Waals surface area contributed by atoms with E-state index in [1.807, 2.05) is 0 Å². The molecule has 1 aliphatic carbocycles. The molecule has 1 aliphatic rings. The summed E-state index contributed by atoms with van der Waals surface area (Å²) in [6, 6.07) is 8.93. The molecule has 0 bridgehead atoms. The van der Waals surface area contributed by atoms with E-state index in [4.69, 9.17) is 0 Å². The summed E-state index contributed by atoms with van der Waals surface area (Å²) in [6.07, 6.45) is 0. The summed E-state index contributed by atoms with van der Waals surface area (Å²) in [5.41, 5.74) is 6.82. The van der Waals surface area contributed by atoms with Gasteiger partial charge in [-0.2, -0.15) is 0 Å². The second-order valence-electron chi connectivity index (χ2n) is 7.42. The average molecular weight is 321 g/mol. The molecular formula is C17H27NSiTi. The van der Waals surface area contributed by atoms with Gasteiger partial charge in [-0.05, 0) is 51.3 Å². The Morgan fingerprint density at radius 3 is 2.15 bits per heavy atom. The van der Waals surface area contributed by atoms with E-state index >= 15 is 0 Å². The van der Waals surface area contributed by atoms with E-state index in [0.29, 0.717) is 5.54 Å². The molecule has 0 saturated carbocycles. The van der Waals surface area contributed by atoms with Crippen molar-refractivity contribution in [3.05, 3.63) is 41.0 Å². The molecular weight excluding hydrogens is 294 g/mol. The summed E-state index contributed by atoms with van der Waals surface area (Å²) in [4.78, 5) is 3.93. The van der Waals surface area contributed by atoms with Crippen LogP contribution in [0.4, 0.5) is 0 Å². The van der Waals surface area contributed by atoms with E-state index < -0.39 is 8.24 Å². The van der Waals surface area contributed by atoms with E-state index in [0.717, 1.165) is 0 Å². The van der Waals surface area contributed by atoms with Crippen molar-refractivity contribution < 1.29 is 21.7 Å². The van der Waals surface area contributed by atoms with Crippen molar-refractivity contribution in [2.45, 2.75) is 58.8 Å². The van der Waals surface area contributed by atoms with Gasteiger partial charge < -0.3 is 4.98 Å². The van der Waals surface area contributed by atoms with Gasteiger partial charge in [-0.25, -0.2) is 0 Å². The minimum atomic E-state index is -1.57. The molecule has 1 aromatic carbocycles. The molecule has 1 atom stereocenters. The SMILES string of the molecule is CC1=C(C)C([Si](C)(C)NC(C)(C)C)c2ccccc21.[Ti]. The Bertz CT molecular complexity index is 526. The number of hydrogen-bond acceptors (Lipinski definition) is 1. The summed E-state index contributed by atoms with van der Waals surface area (Å²) in [6.45, 7) is 16.3. The number of hydrogen-bond donors (Lipinski definition) is 1. The molecule has 108 valence electrons. The number of rotatable bonds is 2. The van der Waals surface area contributed by atoms with Crippen molar-refractivity contribution in [2.24, 2.45) is 0 Å². The van der Waals surface area contributed by atoms with Gasteiger partial charge in [0.25, 0.3) is 0 Å². The molecule has 0 amide bonds. The van der Waals surface area contributed by atoms with Crippen LogP contribution in [0.3, 0.4) is 0 Å². The molecule has 0 aliphatic heterocycles. The van der Waals surface area contributed by atoms with Crippen molar-refractivity contribution in [2.75, 3.05) is 0 Å². The van der Waals surface area contributed by atoms with Crippen LogP contribution >= 0.6 is 0 Å². The molecule has 20 heavy (non-hydrogen) atoms. The topological polar surface area (TPSA) is 12.0 Å². The summed E-state index contributed by atoms with van der Waals surface area (Å²) < 4.78 is 0. The fourth-order valence-corrected chi connectivity index (χ4v) is 8.13. The molecule has 3 heteroatoms. The van der Waals surface area contributed by atoms with Crippen LogP contribution in [-0.4, -0.2) is 13.8 Å². The quantitative estimate of drug-likeness (QED) is 0.778. The molecule has 1 aromatic rings. The Hall–Kier alpha value is -0.149. The van der Waals surface area contributed by atoms with E-state index in [1.54, 1.807) is 5.57 Å². The van der Waals surface area contributed by atoms with E-state index in [2.05, 4.69) is 77.0 Å². The van der Waals surface area contributed by atoms with Crippen LogP contribution < -0.4 is 4.98 Å². The third kappa shape index (κ3) is 3.36. The van der Waals surface area contributed by atoms with Crippen LogP contribution in [0, 0.1) is 0 Å². The summed E-state index contributed by atoms with van der Waals surface area (Å²) in [7, 11) is -1.57. The third-order valence-corrected chi connectivity index (χ3v) is 7.70. The van der Waals surface area contributed by atoms with Gasteiger partial charge in [-0.1, -0.05) is 42.9 Å². The molecule has 0 heterocycles. The van der Waals surface area contributed by atoms with E-state index in [1.165, 1.54) is 16.7 Å². The fraction of sp³-hybridized carbons (Fsp3) is 0.529. The van der Waals surface area contributed by atoms with Crippen molar-refractivity contribution in [3.8, 4) is 0 Å². The number of benzene rings is 1. The van der Waals surface area contributed by atoms with Crippen molar-refractivity contribution in [1.29, 1.82) is 0 Å². The Kier molecular flexibility index (Phi) is 5.30. The summed E-state index contributed by atoms with van der Waals surface area (Å²) in [5, 5.41) is 0. The predicted octanol–water partition coefficient (Wildman–Crippen LogP) is 4.71. The Morgan fingerprint density at radius 2 is 1.60 bits per heavy atom. The number of fused-ring (bicyclic) bond motifs is 1. The maximum Gasteiger partial charge on any atom is 0.131 e. The van der Waals surface area contributed by atoms with Gasteiger partial charge in [-0.3, -0.25) is 0 Å². The standard InChI is InChI=1S/C17H27NSi.Ti/c1-12-13(2)16(15-11-9-8-10-14(12)15)19(6,7)18-17(3,4)5;/h8-11,16,18H,1-7H3;. The number of allylic oxidation sites excluding steroid dienone is 2. The van der Waals surface area contributed by atoms with Crippen molar-refractivity contribution in [3.63, 3.8) is 0 Å². The van der Waals surface area contributed by atoms with Gasteiger partial charge in [0, 0.05) is 32.8 Å². The van der Waals surface area contributed by atoms with Gasteiger partial charge in [0.15, 0.2) is 0 Å². The van der Waals surface area contributed by atoms with Crippen LogP contribution in [0.2, 0.25) is 13.1 Å². The van der Waals surface area contributed by atoms with Gasteiger partial charge in [0.1, 0.15) is 8.24 Å². The first kappa shape index (κ1) is 17.9. The molecule has 0 saturated heterocycles. The molecule has 0 aromatic heterocycles. The normalized spacial score (nSPS) is 18.9.